The van der Waals surface area contributed by atoms with E-state index in [0.29, 0.717) is 54.9 Å². The Morgan fingerprint density at radius 1 is 0.938 bits per heavy atom. The Labute approximate surface area is 185 Å². The van der Waals surface area contributed by atoms with Crippen molar-refractivity contribution in [3.8, 4) is 23.0 Å². The fraction of sp³-hybridized carbons (Fsp3) is 0.391. The molecule has 0 aromatic heterocycles. The highest BCUT2D eigenvalue weighted by Gasteiger charge is 2.34. The lowest BCUT2D eigenvalue weighted by Crippen LogP contribution is -2.57. The zero-order chi connectivity index (χ0) is 22.1. The third-order valence-corrected chi connectivity index (χ3v) is 5.98. The van der Waals surface area contributed by atoms with Gasteiger partial charge in [-0.05, 0) is 31.2 Å². The standard InChI is InChI=1S/C23H25N3O6/c1-15(22(27)24-16-6-7-18-20(12-16)31-14-30-18)25-8-10-26(11-9-25)23(28)21-13-29-17-4-2-3-5-19(17)32-21/h2-7,12,15,21H,8-11,13-14H2,1H3,(H,24,27)/t15-,21+/m0/s1. The highest BCUT2D eigenvalue weighted by molar-refractivity contribution is 5.95. The summed E-state index contributed by atoms with van der Waals surface area (Å²) in [5, 5.41) is 2.93. The molecule has 2 amide bonds. The summed E-state index contributed by atoms with van der Waals surface area (Å²) in [4.78, 5) is 29.5. The predicted molar refractivity (Wildman–Crippen MR) is 115 cm³/mol. The Kier molecular flexibility index (Phi) is 5.48. The van der Waals surface area contributed by atoms with Gasteiger partial charge in [0.25, 0.3) is 5.91 Å². The molecule has 9 nitrogen and oxygen atoms in total. The van der Waals surface area contributed by atoms with E-state index < -0.39 is 6.10 Å². The second-order valence-corrected chi connectivity index (χ2v) is 7.96. The van der Waals surface area contributed by atoms with E-state index in [2.05, 4.69) is 10.2 Å². The molecule has 0 radical (unpaired) electrons. The molecule has 1 saturated heterocycles. The Morgan fingerprint density at radius 3 is 2.47 bits per heavy atom. The second-order valence-electron chi connectivity index (χ2n) is 7.96. The van der Waals surface area contributed by atoms with Gasteiger partial charge in [0.1, 0.15) is 6.61 Å². The van der Waals surface area contributed by atoms with Gasteiger partial charge >= 0.3 is 0 Å². The topological polar surface area (TPSA) is 89.6 Å². The molecule has 9 heteroatoms. The van der Waals surface area contributed by atoms with Crippen molar-refractivity contribution in [1.82, 2.24) is 9.80 Å². The minimum Gasteiger partial charge on any atom is -0.485 e. The summed E-state index contributed by atoms with van der Waals surface area (Å²) < 4.78 is 22.2. The first-order chi connectivity index (χ1) is 15.6. The molecule has 2 aromatic carbocycles. The van der Waals surface area contributed by atoms with Gasteiger partial charge in [0.15, 0.2) is 23.0 Å². The van der Waals surface area contributed by atoms with Gasteiger partial charge in [-0.2, -0.15) is 0 Å². The third kappa shape index (κ3) is 4.03. The van der Waals surface area contributed by atoms with Crippen LogP contribution < -0.4 is 24.3 Å². The maximum Gasteiger partial charge on any atom is 0.267 e. The number of anilines is 1. The zero-order valence-corrected chi connectivity index (χ0v) is 17.8. The summed E-state index contributed by atoms with van der Waals surface area (Å²) in [5.41, 5.74) is 0.662. The van der Waals surface area contributed by atoms with E-state index in [9.17, 15) is 9.59 Å². The van der Waals surface area contributed by atoms with Crippen LogP contribution in [0, 0.1) is 0 Å². The minimum atomic E-state index is -0.650. The summed E-state index contributed by atoms with van der Waals surface area (Å²) in [5.74, 6) is 2.35. The number of nitrogens with zero attached hydrogens (tertiary/aromatic N) is 2. The van der Waals surface area contributed by atoms with Crippen molar-refractivity contribution >= 4 is 17.5 Å². The van der Waals surface area contributed by atoms with Gasteiger partial charge < -0.3 is 29.2 Å². The lowest BCUT2D eigenvalue weighted by Gasteiger charge is -2.39. The highest BCUT2D eigenvalue weighted by Crippen LogP contribution is 2.34. The molecule has 1 fully saturated rings. The molecule has 5 rings (SSSR count). The summed E-state index contributed by atoms with van der Waals surface area (Å²) in [7, 11) is 0. The normalized spacial score (nSPS) is 20.5. The molecule has 2 aromatic rings. The van der Waals surface area contributed by atoms with Crippen LogP contribution in [0.5, 0.6) is 23.0 Å². The van der Waals surface area contributed by atoms with Crippen LogP contribution in [0.3, 0.4) is 0 Å². The summed E-state index contributed by atoms with van der Waals surface area (Å²) in [6.07, 6.45) is -0.650. The molecule has 0 spiro atoms. The van der Waals surface area contributed by atoms with Gasteiger partial charge in [0, 0.05) is 37.9 Å². The molecule has 0 aliphatic carbocycles. The molecule has 32 heavy (non-hydrogen) atoms. The Bertz CT molecular complexity index is 1020. The molecule has 0 saturated carbocycles. The predicted octanol–water partition coefficient (Wildman–Crippen LogP) is 1.73. The van der Waals surface area contributed by atoms with Crippen molar-refractivity contribution in [2.45, 2.75) is 19.1 Å². The van der Waals surface area contributed by atoms with Crippen molar-refractivity contribution in [2.24, 2.45) is 0 Å². The maximum atomic E-state index is 12.9. The number of benzene rings is 2. The highest BCUT2D eigenvalue weighted by atomic mass is 16.7. The summed E-state index contributed by atoms with van der Waals surface area (Å²) in [6, 6.07) is 12.3. The molecule has 3 aliphatic heterocycles. The largest absolute Gasteiger partial charge is 0.485 e. The van der Waals surface area contributed by atoms with Crippen LogP contribution in [0.2, 0.25) is 0 Å². The second kappa shape index (κ2) is 8.58. The van der Waals surface area contributed by atoms with E-state index >= 15 is 0 Å². The number of nitrogens with one attached hydrogen (secondary N) is 1. The van der Waals surface area contributed by atoms with Crippen molar-refractivity contribution in [3.63, 3.8) is 0 Å². The van der Waals surface area contributed by atoms with Crippen LogP contribution in [-0.4, -0.2) is 73.3 Å². The van der Waals surface area contributed by atoms with Crippen molar-refractivity contribution in [3.05, 3.63) is 42.5 Å². The SMILES string of the molecule is C[C@@H](C(=O)Nc1ccc2c(c1)OCO2)N1CCN(C(=O)[C@H]2COc3ccccc3O2)CC1. The lowest BCUT2D eigenvalue weighted by atomic mass is 10.2. The fourth-order valence-corrected chi connectivity index (χ4v) is 4.06. The van der Waals surface area contributed by atoms with E-state index in [1.807, 2.05) is 25.1 Å². The monoisotopic (exact) mass is 439 g/mol. The average Bonchev–Trinajstić information content (AvgIpc) is 3.31. The van der Waals surface area contributed by atoms with E-state index in [1.165, 1.54) is 0 Å². The van der Waals surface area contributed by atoms with E-state index in [-0.39, 0.29) is 31.3 Å². The van der Waals surface area contributed by atoms with Gasteiger partial charge in [0.05, 0.1) is 6.04 Å². The molecule has 3 aliphatic rings. The van der Waals surface area contributed by atoms with Crippen molar-refractivity contribution < 1.29 is 28.5 Å². The van der Waals surface area contributed by atoms with Crippen molar-refractivity contribution in [1.29, 1.82) is 0 Å². The van der Waals surface area contributed by atoms with Gasteiger partial charge in [-0.3, -0.25) is 14.5 Å². The molecule has 168 valence electrons. The van der Waals surface area contributed by atoms with Crippen LogP contribution >= 0.6 is 0 Å². The molecule has 3 heterocycles. The quantitative estimate of drug-likeness (QED) is 0.776. The molecule has 0 unspecified atom stereocenters. The number of carbonyl (C=O) groups excluding carboxylic acids is 2. The van der Waals surface area contributed by atoms with Crippen molar-refractivity contribution in [2.75, 3.05) is 44.9 Å². The number of ether oxygens (including phenoxy) is 4. The van der Waals surface area contributed by atoms with E-state index in [1.54, 1.807) is 29.2 Å². The maximum absolute atomic E-state index is 12.9. The number of para-hydroxylation sites is 2. The van der Waals surface area contributed by atoms with Gasteiger partial charge in [0.2, 0.25) is 18.8 Å². The Balaban J connectivity index is 1.13. The summed E-state index contributed by atoms with van der Waals surface area (Å²) >= 11 is 0. The van der Waals surface area contributed by atoms with E-state index in [4.69, 9.17) is 18.9 Å². The van der Waals surface area contributed by atoms with Gasteiger partial charge in [-0.25, -0.2) is 0 Å². The molecule has 1 N–H and O–H groups in total. The average molecular weight is 439 g/mol. The van der Waals surface area contributed by atoms with Crippen LogP contribution in [-0.2, 0) is 9.59 Å². The van der Waals surface area contributed by atoms with Gasteiger partial charge in [-0.1, -0.05) is 12.1 Å². The summed E-state index contributed by atoms with van der Waals surface area (Å²) in [6.45, 7) is 4.52. The van der Waals surface area contributed by atoms with Gasteiger partial charge in [-0.15, -0.1) is 0 Å². The first-order valence-corrected chi connectivity index (χ1v) is 10.7. The van der Waals surface area contributed by atoms with Crippen LogP contribution in [0.25, 0.3) is 0 Å². The first kappa shape index (κ1) is 20.4. The number of hydrogen-bond acceptors (Lipinski definition) is 7. The molecule has 2 atom stereocenters. The number of hydrogen-bond donors (Lipinski definition) is 1. The fourth-order valence-electron chi connectivity index (χ4n) is 4.06. The molecular formula is C23H25N3O6. The van der Waals surface area contributed by atoms with E-state index in [0.717, 1.165) is 0 Å². The Morgan fingerprint density at radius 2 is 1.66 bits per heavy atom. The number of amides is 2. The lowest BCUT2D eigenvalue weighted by molar-refractivity contribution is -0.143. The van der Waals surface area contributed by atoms with Crippen LogP contribution in [0.1, 0.15) is 6.92 Å². The van der Waals surface area contributed by atoms with Crippen LogP contribution in [0.4, 0.5) is 5.69 Å². The molecule has 0 bridgehead atoms. The zero-order valence-electron chi connectivity index (χ0n) is 17.8. The third-order valence-electron chi connectivity index (χ3n) is 5.98. The number of piperazine rings is 1. The number of fused-ring (bicyclic) bond motifs is 2. The first-order valence-electron chi connectivity index (χ1n) is 10.7. The smallest absolute Gasteiger partial charge is 0.267 e. The number of carbonyl (C=O) groups is 2. The Hall–Kier alpha value is -3.46. The minimum absolute atomic E-state index is 0.0865. The number of rotatable bonds is 4. The van der Waals surface area contributed by atoms with Crippen LogP contribution in [0.15, 0.2) is 42.5 Å². The molecular weight excluding hydrogens is 414 g/mol.